The standard InChI is InChI=1S/C23H26N4O2/c1-16-15-19(27-13-11-26(3)12-14-27)9-10-20(16)24-23(28)21-17(2)29-25-22(21)18-7-5-4-6-8-18/h4-10,15H,11-14H2,1-3H3,(H,24,28). The molecular formula is C23H26N4O2. The Labute approximate surface area is 171 Å². The molecule has 0 radical (unpaired) electrons. The lowest BCUT2D eigenvalue weighted by Crippen LogP contribution is -2.44. The maximum atomic E-state index is 13.0. The molecular weight excluding hydrogens is 364 g/mol. The van der Waals surface area contributed by atoms with Gasteiger partial charge in [0.15, 0.2) is 0 Å². The summed E-state index contributed by atoms with van der Waals surface area (Å²) in [4.78, 5) is 17.8. The van der Waals surface area contributed by atoms with Crippen molar-refractivity contribution in [3.63, 3.8) is 0 Å². The molecule has 3 aromatic rings. The normalized spacial score (nSPS) is 14.8. The van der Waals surface area contributed by atoms with Gasteiger partial charge < -0.3 is 19.6 Å². The zero-order valence-electron chi connectivity index (χ0n) is 17.1. The van der Waals surface area contributed by atoms with E-state index in [4.69, 9.17) is 4.52 Å². The molecule has 0 saturated carbocycles. The van der Waals surface area contributed by atoms with Crippen LogP contribution in [0.3, 0.4) is 0 Å². The van der Waals surface area contributed by atoms with Crippen LogP contribution in [0.4, 0.5) is 11.4 Å². The first kappa shape index (κ1) is 19.2. The van der Waals surface area contributed by atoms with E-state index in [1.54, 1.807) is 6.92 Å². The number of rotatable bonds is 4. The number of nitrogens with zero attached hydrogens (tertiary/aromatic N) is 3. The lowest BCUT2D eigenvalue weighted by atomic mass is 10.1. The highest BCUT2D eigenvalue weighted by Gasteiger charge is 2.22. The van der Waals surface area contributed by atoms with Crippen LogP contribution in [0.2, 0.25) is 0 Å². The molecule has 6 nitrogen and oxygen atoms in total. The largest absolute Gasteiger partial charge is 0.369 e. The molecule has 6 heteroatoms. The van der Waals surface area contributed by atoms with Crippen molar-refractivity contribution >= 4 is 17.3 Å². The first-order valence-corrected chi connectivity index (χ1v) is 9.90. The Morgan fingerprint density at radius 3 is 2.45 bits per heavy atom. The van der Waals surface area contributed by atoms with Crippen molar-refractivity contribution in [2.24, 2.45) is 0 Å². The number of hydrogen-bond acceptors (Lipinski definition) is 5. The molecule has 0 unspecified atom stereocenters. The maximum absolute atomic E-state index is 13.0. The third-order valence-electron chi connectivity index (χ3n) is 5.46. The minimum atomic E-state index is -0.210. The number of amides is 1. The number of piperazine rings is 1. The zero-order chi connectivity index (χ0) is 20.4. The van der Waals surface area contributed by atoms with Crippen LogP contribution < -0.4 is 10.2 Å². The Kier molecular flexibility index (Phi) is 5.36. The van der Waals surface area contributed by atoms with Crippen molar-refractivity contribution < 1.29 is 9.32 Å². The summed E-state index contributed by atoms with van der Waals surface area (Å²) >= 11 is 0. The van der Waals surface area contributed by atoms with Crippen molar-refractivity contribution in [2.75, 3.05) is 43.4 Å². The molecule has 1 fully saturated rings. The van der Waals surface area contributed by atoms with E-state index >= 15 is 0 Å². The molecule has 1 amide bonds. The van der Waals surface area contributed by atoms with Crippen LogP contribution >= 0.6 is 0 Å². The van der Waals surface area contributed by atoms with Crippen LogP contribution in [-0.4, -0.2) is 49.2 Å². The van der Waals surface area contributed by atoms with Crippen LogP contribution in [0.5, 0.6) is 0 Å². The monoisotopic (exact) mass is 390 g/mol. The molecule has 2 aromatic carbocycles. The number of carbonyl (C=O) groups is 1. The topological polar surface area (TPSA) is 61.6 Å². The van der Waals surface area contributed by atoms with Gasteiger partial charge in [0, 0.05) is 43.1 Å². The zero-order valence-corrected chi connectivity index (χ0v) is 17.1. The SMILES string of the molecule is Cc1cc(N2CCN(C)CC2)ccc1NC(=O)c1c(-c2ccccc2)noc1C. The number of aromatic nitrogens is 1. The third kappa shape index (κ3) is 4.03. The molecule has 1 aliphatic rings. The van der Waals surface area contributed by atoms with Crippen LogP contribution in [0.25, 0.3) is 11.3 Å². The van der Waals surface area contributed by atoms with Crippen LogP contribution in [0.1, 0.15) is 21.7 Å². The number of benzene rings is 2. The van der Waals surface area contributed by atoms with Crippen LogP contribution in [0.15, 0.2) is 53.1 Å². The summed E-state index contributed by atoms with van der Waals surface area (Å²) in [6, 6.07) is 15.8. The van der Waals surface area contributed by atoms with Crippen molar-refractivity contribution in [3.8, 4) is 11.3 Å². The Bertz CT molecular complexity index is 1000. The van der Waals surface area contributed by atoms with Gasteiger partial charge in [-0.15, -0.1) is 0 Å². The summed E-state index contributed by atoms with van der Waals surface area (Å²) in [7, 11) is 2.15. The number of nitrogens with one attached hydrogen (secondary N) is 1. The van der Waals surface area contributed by atoms with Gasteiger partial charge in [0.05, 0.1) is 0 Å². The molecule has 150 valence electrons. The molecule has 0 bridgehead atoms. The molecule has 1 aromatic heterocycles. The van der Waals surface area contributed by atoms with Gasteiger partial charge >= 0.3 is 0 Å². The number of carbonyl (C=O) groups excluding carboxylic acids is 1. The second-order valence-corrected chi connectivity index (χ2v) is 7.57. The summed E-state index contributed by atoms with van der Waals surface area (Å²) in [6.45, 7) is 7.94. The molecule has 0 spiro atoms. The van der Waals surface area contributed by atoms with Gasteiger partial charge in [-0.05, 0) is 44.7 Å². The van der Waals surface area contributed by atoms with Gasteiger partial charge in [-0.25, -0.2) is 0 Å². The Balaban J connectivity index is 1.54. The van der Waals surface area contributed by atoms with E-state index in [0.717, 1.165) is 43.0 Å². The van der Waals surface area contributed by atoms with Crippen molar-refractivity contribution in [1.82, 2.24) is 10.1 Å². The lowest BCUT2D eigenvalue weighted by molar-refractivity contribution is 0.102. The number of likely N-dealkylation sites (N-methyl/N-ethyl adjacent to an activating group) is 1. The van der Waals surface area contributed by atoms with Crippen molar-refractivity contribution in [3.05, 3.63) is 65.4 Å². The van der Waals surface area contributed by atoms with Gasteiger partial charge in [0.25, 0.3) is 5.91 Å². The molecule has 0 aliphatic carbocycles. The predicted octanol–water partition coefficient (Wildman–Crippen LogP) is 3.96. The number of hydrogen-bond donors (Lipinski definition) is 1. The fourth-order valence-corrected chi connectivity index (χ4v) is 3.67. The first-order chi connectivity index (χ1) is 14.0. The van der Waals surface area contributed by atoms with Crippen LogP contribution in [0, 0.1) is 13.8 Å². The van der Waals surface area contributed by atoms with E-state index < -0.39 is 0 Å². The van der Waals surface area contributed by atoms with Crippen molar-refractivity contribution in [2.45, 2.75) is 13.8 Å². The average Bonchev–Trinajstić information content (AvgIpc) is 3.12. The minimum Gasteiger partial charge on any atom is -0.369 e. The highest BCUT2D eigenvalue weighted by atomic mass is 16.5. The molecule has 0 atom stereocenters. The summed E-state index contributed by atoms with van der Waals surface area (Å²) in [5.74, 6) is 0.297. The molecule has 2 heterocycles. The first-order valence-electron chi connectivity index (χ1n) is 9.90. The van der Waals surface area contributed by atoms with Crippen molar-refractivity contribution in [1.29, 1.82) is 0 Å². The van der Waals surface area contributed by atoms with Gasteiger partial charge in [-0.2, -0.15) is 0 Å². The third-order valence-corrected chi connectivity index (χ3v) is 5.46. The van der Waals surface area contributed by atoms with Gasteiger partial charge in [-0.3, -0.25) is 4.79 Å². The summed E-state index contributed by atoms with van der Waals surface area (Å²) in [5, 5.41) is 7.14. The summed E-state index contributed by atoms with van der Waals surface area (Å²) < 4.78 is 5.32. The summed E-state index contributed by atoms with van der Waals surface area (Å²) in [5.41, 5.74) is 4.92. The highest BCUT2D eigenvalue weighted by Crippen LogP contribution is 2.28. The fourth-order valence-electron chi connectivity index (χ4n) is 3.67. The van der Waals surface area contributed by atoms with E-state index in [2.05, 4.69) is 39.5 Å². The Morgan fingerprint density at radius 2 is 1.76 bits per heavy atom. The van der Waals surface area contributed by atoms with Crippen LogP contribution in [-0.2, 0) is 0 Å². The van der Waals surface area contributed by atoms with E-state index in [0.29, 0.717) is 17.0 Å². The highest BCUT2D eigenvalue weighted by molar-refractivity contribution is 6.09. The minimum absolute atomic E-state index is 0.210. The second-order valence-electron chi connectivity index (χ2n) is 7.57. The predicted molar refractivity (Wildman–Crippen MR) is 116 cm³/mol. The van der Waals surface area contributed by atoms with Gasteiger partial charge in [0.2, 0.25) is 0 Å². The van der Waals surface area contributed by atoms with Gasteiger partial charge in [-0.1, -0.05) is 35.5 Å². The Morgan fingerprint density at radius 1 is 1.03 bits per heavy atom. The quantitative estimate of drug-likeness (QED) is 0.731. The number of anilines is 2. The fraction of sp³-hybridized carbons (Fsp3) is 0.304. The summed E-state index contributed by atoms with van der Waals surface area (Å²) in [6.07, 6.45) is 0. The molecule has 1 aliphatic heterocycles. The molecule has 1 N–H and O–H groups in total. The van der Waals surface area contributed by atoms with E-state index in [9.17, 15) is 4.79 Å². The van der Waals surface area contributed by atoms with Gasteiger partial charge in [0.1, 0.15) is 17.0 Å². The molecule has 29 heavy (non-hydrogen) atoms. The smallest absolute Gasteiger partial charge is 0.261 e. The lowest BCUT2D eigenvalue weighted by Gasteiger charge is -2.34. The Hall–Kier alpha value is -3.12. The second kappa shape index (κ2) is 8.09. The van der Waals surface area contributed by atoms with E-state index in [-0.39, 0.29) is 5.91 Å². The van der Waals surface area contributed by atoms with E-state index in [1.807, 2.05) is 43.3 Å². The average molecular weight is 390 g/mol. The maximum Gasteiger partial charge on any atom is 0.261 e. The molecule has 4 rings (SSSR count). The van der Waals surface area contributed by atoms with E-state index in [1.165, 1.54) is 5.69 Å². The number of aryl methyl sites for hydroxylation is 2. The molecule has 1 saturated heterocycles.